The number of hydrogen-bond acceptors (Lipinski definition) is 1. The molecule has 3 heteroatoms. The molecule has 0 bridgehead atoms. The summed E-state index contributed by atoms with van der Waals surface area (Å²) in [6.07, 6.45) is 0. The van der Waals surface area contributed by atoms with Crippen LogP contribution in [0.2, 0.25) is 0 Å². The molecule has 1 aromatic rings. The third-order valence-corrected chi connectivity index (χ3v) is 1.66. The summed E-state index contributed by atoms with van der Waals surface area (Å²) in [5.74, 6) is -0.0523. The van der Waals surface area contributed by atoms with Crippen molar-refractivity contribution in [2.45, 2.75) is 13.5 Å². The number of anilines is 1. The van der Waals surface area contributed by atoms with E-state index >= 15 is 0 Å². The number of amides is 1. The summed E-state index contributed by atoms with van der Waals surface area (Å²) in [5.41, 5.74) is 1.89. The number of nitrogens with zero attached hydrogens (tertiary/aromatic N) is 1. The molecule has 1 radical (unpaired) electrons. The number of carbonyl (C=O) groups excluding carboxylic acids is 1. The fourth-order valence-electron chi connectivity index (χ4n) is 1.14. The van der Waals surface area contributed by atoms with E-state index in [-0.39, 0.29) is 5.91 Å². The number of hydrogen-bond donors (Lipinski definition) is 1. The van der Waals surface area contributed by atoms with Crippen molar-refractivity contribution in [2.75, 3.05) is 12.4 Å². The largest absolute Gasteiger partial charge is 0.326 e. The van der Waals surface area contributed by atoms with Crippen LogP contribution in [-0.2, 0) is 11.3 Å². The standard InChI is InChI=1S/C10H13N2O/c1-8(13)12-10-6-4-3-5-9(10)7-11-2/h3-6H,7H2,1-2H3,(H,12,13). The lowest BCUT2D eigenvalue weighted by molar-refractivity contribution is -0.114. The Balaban J connectivity index is 2.84. The van der Waals surface area contributed by atoms with Crippen molar-refractivity contribution >= 4 is 11.6 Å². The highest BCUT2D eigenvalue weighted by Gasteiger charge is 2.01. The molecule has 1 amide bonds. The number of para-hydroxylation sites is 1. The Morgan fingerprint density at radius 2 is 2.15 bits per heavy atom. The van der Waals surface area contributed by atoms with Crippen molar-refractivity contribution in [1.82, 2.24) is 5.32 Å². The normalized spacial score (nSPS) is 9.69. The van der Waals surface area contributed by atoms with Gasteiger partial charge in [0.15, 0.2) is 0 Å². The monoisotopic (exact) mass is 177 g/mol. The minimum Gasteiger partial charge on any atom is -0.326 e. The molecule has 0 heterocycles. The summed E-state index contributed by atoms with van der Waals surface area (Å²) < 4.78 is 0. The van der Waals surface area contributed by atoms with Crippen LogP contribution < -0.4 is 10.6 Å². The molecular formula is C10H13N2O. The molecule has 0 aliphatic heterocycles. The Morgan fingerprint density at radius 1 is 1.46 bits per heavy atom. The minimum atomic E-state index is -0.0523. The van der Waals surface area contributed by atoms with Crippen LogP contribution >= 0.6 is 0 Å². The molecule has 0 spiro atoms. The highest BCUT2D eigenvalue weighted by atomic mass is 16.1. The summed E-state index contributed by atoms with van der Waals surface area (Å²) in [4.78, 5) is 10.8. The fourth-order valence-corrected chi connectivity index (χ4v) is 1.14. The summed E-state index contributed by atoms with van der Waals surface area (Å²) in [6.45, 7) is 2.14. The first kappa shape index (κ1) is 9.74. The van der Waals surface area contributed by atoms with Gasteiger partial charge in [0, 0.05) is 26.2 Å². The lowest BCUT2D eigenvalue weighted by Crippen LogP contribution is -2.09. The van der Waals surface area contributed by atoms with E-state index in [1.807, 2.05) is 24.3 Å². The highest BCUT2D eigenvalue weighted by Crippen LogP contribution is 2.14. The van der Waals surface area contributed by atoms with Gasteiger partial charge in [-0.1, -0.05) is 18.2 Å². The third kappa shape index (κ3) is 2.87. The number of nitrogens with one attached hydrogen (secondary N) is 1. The van der Waals surface area contributed by atoms with Crippen molar-refractivity contribution in [3.8, 4) is 0 Å². The van der Waals surface area contributed by atoms with E-state index in [9.17, 15) is 4.79 Å². The maximum Gasteiger partial charge on any atom is 0.221 e. The van der Waals surface area contributed by atoms with E-state index in [1.54, 1.807) is 7.05 Å². The number of rotatable bonds is 3. The molecule has 13 heavy (non-hydrogen) atoms. The van der Waals surface area contributed by atoms with E-state index in [0.717, 1.165) is 11.3 Å². The van der Waals surface area contributed by atoms with Crippen LogP contribution in [0, 0.1) is 0 Å². The van der Waals surface area contributed by atoms with Crippen LogP contribution in [0.3, 0.4) is 0 Å². The molecule has 0 atom stereocenters. The van der Waals surface area contributed by atoms with Gasteiger partial charge in [0.25, 0.3) is 0 Å². The third-order valence-electron chi connectivity index (χ3n) is 1.66. The molecule has 0 aromatic heterocycles. The van der Waals surface area contributed by atoms with Gasteiger partial charge in [-0.2, -0.15) is 0 Å². The van der Waals surface area contributed by atoms with E-state index in [1.165, 1.54) is 6.92 Å². The zero-order valence-electron chi connectivity index (χ0n) is 7.87. The molecule has 69 valence electrons. The van der Waals surface area contributed by atoms with Gasteiger partial charge in [0.1, 0.15) is 0 Å². The Morgan fingerprint density at radius 3 is 2.77 bits per heavy atom. The lowest BCUT2D eigenvalue weighted by Gasteiger charge is -2.07. The predicted molar refractivity (Wildman–Crippen MR) is 52.5 cm³/mol. The van der Waals surface area contributed by atoms with Gasteiger partial charge in [-0.25, -0.2) is 5.32 Å². The minimum absolute atomic E-state index is 0.0523. The first-order valence-corrected chi connectivity index (χ1v) is 4.15. The van der Waals surface area contributed by atoms with E-state index in [2.05, 4.69) is 10.6 Å². The van der Waals surface area contributed by atoms with Crippen LogP contribution in [0.5, 0.6) is 0 Å². The zero-order valence-corrected chi connectivity index (χ0v) is 7.87. The second-order valence-corrected chi connectivity index (χ2v) is 2.81. The molecule has 1 rings (SSSR count). The molecular weight excluding hydrogens is 164 g/mol. The van der Waals surface area contributed by atoms with E-state index in [0.29, 0.717) is 6.54 Å². The van der Waals surface area contributed by atoms with Gasteiger partial charge in [-0.3, -0.25) is 4.79 Å². The average Bonchev–Trinajstić information content (AvgIpc) is 2.08. The zero-order chi connectivity index (χ0) is 9.68. The molecule has 0 saturated carbocycles. The van der Waals surface area contributed by atoms with Crippen LogP contribution in [0.15, 0.2) is 24.3 Å². The SMILES string of the molecule is C[N]Cc1ccccc1NC(C)=O. The molecule has 0 saturated heterocycles. The van der Waals surface area contributed by atoms with Crippen LogP contribution in [0.4, 0.5) is 5.69 Å². The summed E-state index contributed by atoms with van der Waals surface area (Å²) in [5, 5.41) is 6.78. The average molecular weight is 177 g/mol. The summed E-state index contributed by atoms with van der Waals surface area (Å²) in [7, 11) is 1.75. The van der Waals surface area contributed by atoms with Gasteiger partial charge in [0.05, 0.1) is 0 Å². The quantitative estimate of drug-likeness (QED) is 0.744. The van der Waals surface area contributed by atoms with Gasteiger partial charge in [0.2, 0.25) is 5.91 Å². The summed E-state index contributed by atoms with van der Waals surface area (Å²) >= 11 is 0. The Bertz CT molecular complexity index is 297. The van der Waals surface area contributed by atoms with Crippen molar-refractivity contribution in [2.24, 2.45) is 0 Å². The highest BCUT2D eigenvalue weighted by molar-refractivity contribution is 5.89. The summed E-state index contributed by atoms with van der Waals surface area (Å²) in [6, 6.07) is 7.66. The second kappa shape index (κ2) is 4.62. The maximum atomic E-state index is 10.8. The number of benzene rings is 1. The molecule has 0 fully saturated rings. The number of carbonyl (C=O) groups is 1. The van der Waals surface area contributed by atoms with Crippen molar-refractivity contribution < 1.29 is 4.79 Å². The Hall–Kier alpha value is -1.35. The molecule has 0 unspecified atom stereocenters. The first-order valence-electron chi connectivity index (χ1n) is 4.15. The topological polar surface area (TPSA) is 43.2 Å². The molecule has 1 aromatic carbocycles. The Labute approximate surface area is 78.2 Å². The van der Waals surface area contributed by atoms with Crippen molar-refractivity contribution in [3.63, 3.8) is 0 Å². The predicted octanol–water partition coefficient (Wildman–Crippen LogP) is 1.38. The molecule has 3 nitrogen and oxygen atoms in total. The van der Waals surface area contributed by atoms with Gasteiger partial charge < -0.3 is 5.32 Å². The van der Waals surface area contributed by atoms with E-state index < -0.39 is 0 Å². The molecule has 0 aliphatic rings. The molecule has 0 aliphatic carbocycles. The first-order chi connectivity index (χ1) is 6.24. The van der Waals surface area contributed by atoms with Gasteiger partial charge >= 0.3 is 0 Å². The lowest BCUT2D eigenvalue weighted by atomic mass is 10.2. The van der Waals surface area contributed by atoms with Crippen LogP contribution in [-0.4, -0.2) is 13.0 Å². The Kier molecular flexibility index (Phi) is 3.46. The van der Waals surface area contributed by atoms with Crippen molar-refractivity contribution in [3.05, 3.63) is 29.8 Å². The van der Waals surface area contributed by atoms with Gasteiger partial charge in [-0.15, -0.1) is 0 Å². The smallest absolute Gasteiger partial charge is 0.221 e. The fraction of sp³-hybridized carbons (Fsp3) is 0.300. The second-order valence-electron chi connectivity index (χ2n) is 2.81. The van der Waals surface area contributed by atoms with Crippen molar-refractivity contribution in [1.29, 1.82) is 0 Å². The van der Waals surface area contributed by atoms with Gasteiger partial charge in [-0.05, 0) is 11.6 Å². The van der Waals surface area contributed by atoms with Crippen LogP contribution in [0.25, 0.3) is 0 Å². The maximum absolute atomic E-state index is 10.8. The molecule has 1 N–H and O–H groups in total. The van der Waals surface area contributed by atoms with E-state index in [4.69, 9.17) is 0 Å². The van der Waals surface area contributed by atoms with Crippen LogP contribution in [0.1, 0.15) is 12.5 Å².